The van der Waals surface area contributed by atoms with Crippen LogP contribution in [0.25, 0.3) is 21.5 Å². The Labute approximate surface area is 162 Å². The first-order valence-corrected chi connectivity index (χ1v) is 9.06. The molecule has 0 heterocycles. The highest BCUT2D eigenvalue weighted by Gasteiger charge is 2.17. The van der Waals surface area contributed by atoms with Gasteiger partial charge >= 0.3 is 5.97 Å². The summed E-state index contributed by atoms with van der Waals surface area (Å²) >= 11 is 0. The first kappa shape index (κ1) is 17.7. The van der Waals surface area contributed by atoms with Gasteiger partial charge in [0.25, 0.3) is 5.91 Å². The quantitative estimate of drug-likeness (QED) is 0.402. The van der Waals surface area contributed by atoms with Gasteiger partial charge in [0.05, 0.1) is 5.56 Å². The molecule has 4 rings (SSSR count). The van der Waals surface area contributed by atoms with Gasteiger partial charge in [0.15, 0.2) is 6.61 Å². The Morgan fingerprint density at radius 3 is 2.04 bits per heavy atom. The number of hydrogen-bond acceptors (Lipinski definition) is 3. The third-order valence-electron chi connectivity index (χ3n) is 4.73. The molecular formula is C24H19NO3. The molecule has 0 saturated heterocycles. The molecule has 0 aliphatic rings. The maximum Gasteiger partial charge on any atom is 0.339 e. The molecule has 4 aromatic carbocycles. The van der Waals surface area contributed by atoms with E-state index in [1.807, 2.05) is 85.8 Å². The van der Waals surface area contributed by atoms with Gasteiger partial charge in [-0.2, -0.15) is 0 Å². The molecule has 0 aliphatic carbocycles. The lowest BCUT2D eigenvalue weighted by atomic mass is 9.97. The third kappa shape index (κ3) is 3.45. The van der Waals surface area contributed by atoms with E-state index in [2.05, 4.69) is 5.32 Å². The summed E-state index contributed by atoms with van der Waals surface area (Å²) in [5.41, 5.74) is 2.14. The molecule has 0 aromatic heterocycles. The van der Waals surface area contributed by atoms with Crippen LogP contribution in [0.15, 0.2) is 78.9 Å². The molecule has 4 aromatic rings. The lowest BCUT2D eigenvalue weighted by molar-refractivity contribution is -0.119. The van der Waals surface area contributed by atoms with E-state index < -0.39 is 5.97 Å². The van der Waals surface area contributed by atoms with E-state index in [-0.39, 0.29) is 12.5 Å². The van der Waals surface area contributed by atoms with E-state index in [0.29, 0.717) is 11.3 Å². The van der Waals surface area contributed by atoms with Crippen molar-refractivity contribution in [2.24, 2.45) is 0 Å². The van der Waals surface area contributed by atoms with Crippen molar-refractivity contribution in [1.29, 1.82) is 0 Å². The summed E-state index contributed by atoms with van der Waals surface area (Å²) in [6, 6.07) is 24.9. The van der Waals surface area contributed by atoms with Gasteiger partial charge in [-0.3, -0.25) is 4.79 Å². The number of esters is 1. The number of hydrogen-bond donors (Lipinski definition) is 1. The zero-order valence-electron chi connectivity index (χ0n) is 15.4. The normalized spacial score (nSPS) is 10.8. The summed E-state index contributed by atoms with van der Waals surface area (Å²) in [4.78, 5) is 25.1. The van der Waals surface area contributed by atoms with Gasteiger partial charge in [0, 0.05) is 5.69 Å². The second-order valence-corrected chi connectivity index (χ2v) is 6.63. The second kappa shape index (κ2) is 7.53. The number of nitrogens with one attached hydrogen (secondary N) is 1. The minimum absolute atomic E-state index is 0.343. The molecule has 1 amide bonds. The fraction of sp³-hybridized carbons (Fsp3) is 0.0833. The zero-order valence-corrected chi connectivity index (χ0v) is 15.4. The Bertz CT molecular complexity index is 1140. The van der Waals surface area contributed by atoms with Gasteiger partial charge in [0.1, 0.15) is 0 Å². The van der Waals surface area contributed by atoms with Gasteiger partial charge < -0.3 is 10.1 Å². The van der Waals surface area contributed by atoms with Crippen LogP contribution in [0.1, 0.15) is 15.9 Å². The van der Waals surface area contributed by atoms with E-state index in [1.54, 1.807) is 0 Å². The topological polar surface area (TPSA) is 55.4 Å². The molecule has 28 heavy (non-hydrogen) atoms. The molecule has 0 atom stereocenters. The molecule has 0 unspecified atom stereocenters. The standard InChI is InChI=1S/C24H19NO3/c1-16-8-2-7-13-21(16)25-22(26)15-28-24(27)23-19-11-5-3-9-17(19)14-18-10-4-6-12-20(18)23/h2-14H,15H2,1H3,(H,25,26). The van der Waals surface area contributed by atoms with Crippen molar-refractivity contribution >= 4 is 39.1 Å². The van der Waals surface area contributed by atoms with Crippen molar-refractivity contribution in [3.05, 3.63) is 90.0 Å². The number of carbonyl (C=O) groups excluding carboxylic acids is 2. The van der Waals surface area contributed by atoms with Crippen molar-refractivity contribution in [1.82, 2.24) is 0 Å². The molecule has 138 valence electrons. The van der Waals surface area contributed by atoms with Crippen molar-refractivity contribution in [2.45, 2.75) is 6.92 Å². The van der Waals surface area contributed by atoms with Gasteiger partial charge in [0.2, 0.25) is 0 Å². The maximum absolute atomic E-state index is 12.9. The fourth-order valence-electron chi connectivity index (χ4n) is 3.34. The Hall–Kier alpha value is -3.66. The Balaban J connectivity index is 1.60. The average molecular weight is 369 g/mol. The second-order valence-electron chi connectivity index (χ2n) is 6.63. The average Bonchev–Trinajstić information content (AvgIpc) is 2.72. The Morgan fingerprint density at radius 1 is 0.821 bits per heavy atom. The summed E-state index contributed by atoms with van der Waals surface area (Å²) in [6.45, 7) is 1.56. The zero-order chi connectivity index (χ0) is 19.5. The van der Waals surface area contributed by atoms with Crippen LogP contribution in [0.5, 0.6) is 0 Å². The first-order chi connectivity index (χ1) is 13.6. The van der Waals surface area contributed by atoms with Crippen LogP contribution in [0, 0.1) is 6.92 Å². The van der Waals surface area contributed by atoms with E-state index in [9.17, 15) is 9.59 Å². The number of fused-ring (bicyclic) bond motifs is 2. The first-order valence-electron chi connectivity index (χ1n) is 9.06. The molecule has 4 heteroatoms. The number of aryl methyl sites for hydroxylation is 1. The number of carbonyl (C=O) groups is 2. The van der Waals surface area contributed by atoms with Crippen LogP contribution in [0.4, 0.5) is 5.69 Å². The largest absolute Gasteiger partial charge is 0.452 e. The van der Waals surface area contributed by atoms with Crippen molar-refractivity contribution < 1.29 is 14.3 Å². The summed E-state index contributed by atoms with van der Waals surface area (Å²) in [5, 5.41) is 6.31. The van der Waals surface area contributed by atoms with Gasteiger partial charge in [-0.1, -0.05) is 66.7 Å². The molecule has 4 nitrogen and oxygen atoms in total. The SMILES string of the molecule is Cc1ccccc1NC(=O)COC(=O)c1c2ccccc2cc2ccccc12. The molecule has 0 fully saturated rings. The molecule has 0 spiro atoms. The predicted octanol–water partition coefficient (Wildman–Crippen LogP) is 5.10. The summed E-state index contributed by atoms with van der Waals surface area (Å²) in [5.74, 6) is -0.875. The number of benzene rings is 4. The summed E-state index contributed by atoms with van der Waals surface area (Å²) < 4.78 is 5.37. The van der Waals surface area contributed by atoms with Crippen LogP contribution in [-0.2, 0) is 9.53 Å². The van der Waals surface area contributed by atoms with Crippen LogP contribution in [0.3, 0.4) is 0 Å². The highest BCUT2D eigenvalue weighted by Crippen LogP contribution is 2.29. The van der Waals surface area contributed by atoms with Crippen molar-refractivity contribution in [2.75, 3.05) is 11.9 Å². The molecule has 0 bridgehead atoms. The van der Waals surface area contributed by atoms with Crippen LogP contribution < -0.4 is 5.32 Å². The lowest BCUT2D eigenvalue weighted by Crippen LogP contribution is -2.21. The fourth-order valence-corrected chi connectivity index (χ4v) is 3.34. The highest BCUT2D eigenvalue weighted by atomic mass is 16.5. The molecule has 0 radical (unpaired) electrons. The van der Waals surface area contributed by atoms with Crippen molar-refractivity contribution in [3.63, 3.8) is 0 Å². The van der Waals surface area contributed by atoms with Gasteiger partial charge in [-0.25, -0.2) is 4.79 Å². The predicted molar refractivity (Wildman–Crippen MR) is 112 cm³/mol. The number of ether oxygens (including phenoxy) is 1. The number of anilines is 1. The van der Waals surface area contributed by atoms with Gasteiger partial charge in [-0.15, -0.1) is 0 Å². The highest BCUT2D eigenvalue weighted by molar-refractivity contribution is 6.16. The lowest BCUT2D eigenvalue weighted by Gasteiger charge is -2.12. The van der Waals surface area contributed by atoms with E-state index >= 15 is 0 Å². The number of amides is 1. The Kier molecular flexibility index (Phi) is 4.77. The molecular weight excluding hydrogens is 350 g/mol. The minimum atomic E-state index is -0.507. The smallest absolute Gasteiger partial charge is 0.339 e. The van der Waals surface area contributed by atoms with Crippen molar-refractivity contribution in [3.8, 4) is 0 Å². The molecule has 1 N–H and O–H groups in total. The van der Waals surface area contributed by atoms with Crippen LogP contribution in [-0.4, -0.2) is 18.5 Å². The van der Waals surface area contributed by atoms with E-state index in [1.165, 1.54) is 0 Å². The molecule has 0 aliphatic heterocycles. The third-order valence-corrected chi connectivity index (χ3v) is 4.73. The van der Waals surface area contributed by atoms with E-state index in [4.69, 9.17) is 4.74 Å². The van der Waals surface area contributed by atoms with Gasteiger partial charge in [-0.05, 0) is 46.2 Å². The maximum atomic E-state index is 12.9. The summed E-state index contributed by atoms with van der Waals surface area (Å²) in [7, 11) is 0. The minimum Gasteiger partial charge on any atom is -0.452 e. The number of rotatable bonds is 4. The summed E-state index contributed by atoms with van der Waals surface area (Å²) in [6.07, 6.45) is 0. The number of para-hydroxylation sites is 1. The van der Waals surface area contributed by atoms with E-state index in [0.717, 1.165) is 27.1 Å². The molecule has 0 saturated carbocycles. The van der Waals surface area contributed by atoms with Crippen LogP contribution >= 0.6 is 0 Å². The Morgan fingerprint density at radius 2 is 1.39 bits per heavy atom. The van der Waals surface area contributed by atoms with Crippen LogP contribution in [0.2, 0.25) is 0 Å². The monoisotopic (exact) mass is 369 g/mol.